The van der Waals surface area contributed by atoms with E-state index in [4.69, 9.17) is 4.74 Å². The van der Waals surface area contributed by atoms with Gasteiger partial charge in [-0.1, -0.05) is 60.2 Å². The average Bonchev–Trinajstić information content (AvgIpc) is 3.16. The Morgan fingerprint density at radius 2 is 1.60 bits per heavy atom. The van der Waals surface area contributed by atoms with Gasteiger partial charge in [-0.2, -0.15) is 11.8 Å². The van der Waals surface area contributed by atoms with Gasteiger partial charge < -0.3 is 20.5 Å². The lowest BCUT2D eigenvalue weighted by Crippen LogP contribution is -2.51. The van der Waals surface area contributed by atoms with E-state index in [0.717, 1.165) is 27.8 Å². The van der Waals surface area contributed by atoms with Crippen LogP contribution in [0.3, 0.4) is 0 Å². The Morgan fingerprint density at radius 3 is 2.14 bits per heavy atom. The van der Waals surface area contributed by atoms with Gasteiger partial charge in [0.2, 0.25) is 5.91 Å². The van der Waals surface area contributed by atoms with Gasteiger partial charge in [-0.05, 0) is 61.0 Å². The monoisotopic (exact) mass is 496 g/mol. The molecule has 3 N–H and O–H groups in total. The normalized spacial score (nSPS) is 13.7. The number of nitrogens with one attached hydrogen (secondary N) is 2. The molecule has 0 fully saturated rings. The maximum absolute atomic E-state index is 12.9. The van der Waals surface area contributed by atoms with Crippen LogP contribution in [0.1, 0.15) is 43.7 Å². The first-order valence-corrected chi connectivity index (χ1v) is 13.0. The number of aliphatic carboxylic acids is 1. The van der Waals surface area contributed by atoms with E-state index in [-0.39, 0.29) is 18.9 Å². The summed E-state index contributed by atoms with van der Waals surface area (Å²) in [4.78, 5) is 37.1. The Labute approximate surface area is 210 Å². The lowest BCUT2D eigenvalue weighted by Gasteiger charge is -2.21. The highest BCUT2D eigenvalue weighted by molar-refractivity contribution is 7.98. The van der Waals surface area contributed by atoms with E-state index < -0.39 is 30.1 Å². The molecule has 2 aromatic carbocycles. The minimum atomic E-state index is -1.12. The summed E-state index contributed by atoms with van der Waals surface area (Å²) in [5, 5.41) is 14.7. The van der Waals surface area contributed by atoms with Crippen molar-refractivity contribution in [3.05, 3.63) is 71.3 Å². The number of carbonyl (C=O) groups excluding carboxylic acids is 2. The molecular weight excluding hydrogens is 464 g/mol. The van der Waals surface area contributed by atoms with Crippen molar-refractivity contribution in [2.75, 3.05) is 18.6 Å². The van der Waals surface area contributed by atoms with E-state index in [0.29, 0.717) is 12.2 Å². The molecule has 0 aromatic heterocycles. The SMILES string of the molecule is CSCCC(NC(=O)OCC1c2ccccc2-c2ccccc21)C(=O)NC(CC=C(C)C)C(=O)O. The molecule has 7 nitrogen and oxygen atoms in total. The van der Waals surface area contributed by atoms with Crippen LogP contribution in [-0.2, 0) is 14.3 Å². The fourth-order valence-corrected chi connectivity index (χ4v) is 4.61. The second-order valence-corrected chi connectivity index (χ2v) is 9.71. The maximum Gasteiger partial charge on any atom is 0.407 e. The molecule has 1 aliphatic carbocycles. The first-order valence-electron chi connectivity index (χ1n) is 11.6. The fourth-order valence-electron chi connectivity index (χ4n) is 4.13. The standard InChI is InChI=1S/C27H32N2O5S/c1-17(2)12-13-24(26(31)32)28-25(30)23(14-15-35-3)29-27(33)34-16-22-20-10-6-4-8-18(20)19-9-5-7-11-21(19)22/h4-12,22-24H,13-16H2,1-3H3,(H,28,30)(H,29,33)(H,31,32). The number of allylic oxidation sites excluding steroid dienone is 1. The number of carboxylic acids is 1. The van der Waals surface area contributed by atoms with E-state index in [1.54, 1.807) is 6.08 Å². The van der Waals surface area contributed by atoms with E-state index in [1.807, 2.05) is 56.5 Å². The van der Waals surface area contributed by atoms with Crippen molar-refractivity contribution in [3.63, 3.8) is 0 Å². The number of amides is 2. The number of ether oxygens (including phenoxy) is 1. The lowest BCUT2D eigenvalue weighted by atomic mass is 9.98. The van der Waals surface area contributed by atoms with Gasteiger partial charge in [0.1, 0.15) is 18.7 Å². The Hall–Kier alpha value is -3.26. The van der Waals surface area contributed by atoms with Crippen LogP contribution in [0, 0.1) is 0 Å². The molecule has 0 saturated heterocycles. The predicted molar refractivity (Wildman–Crippen MR) is 139 cm³/mol. The quantitative estimate of drug-likeness (QED) is 0.394. The molecule has 2 amide bonds. The largest absolute Gasteiger partial charge is 0.480 e. The lowest BCUT2D eigenvalue weighted by molar-refractivity contribution is -0.142. The van der Waals surface area contributed by atoms with Gasteiger partial charge in [0.25, 0.3) is 0 Å². The minimum absolute atomic E-state index is 0.0907. The molecule has 0 bridgehead atoms. The average molecular weight is 497 g/mol. The highest BCUT2D eigenvalue weighted by atomic mass is 32.2. The summed E-state index contributed by atoms with van der Waals surface area (Å²) < 4.78 is 5.57. The Balaban J connectivity index is 1.65. The van der Waals surface area contributed by atoms with Crippen molar-refractivity contribution in [2.24, 2.45) is 0 Å². The summed E-state index contributed by atoms with van der Waals surface area (Å²) in [6.45, 7) is 3.86. The number of thioether (sulfide) groups is 1. The second kappa shape index (κ2) is 12.4. The summed E-state index contributed by atoms with van der Waals surface area (Å²) in [7, 11) is 0. The number of carboxylic acid groups (broad SMARTS) is 1. The summed E-state index contributed by atoms with van der Waals surface area (Å²) in [6.07, 6.45) is 3.48. The summed E-state index contributed by atoms with van der Waals surface area (Å²) in [5.41, 5.74) is 5.42. The van der Waals surface area contributed by atoms with Gasteiger partial charge in [-0.25, -0.2) is 9.59 Å². The molecule has 2 unspecified atom stereocenters. The molecule has 0 aliphatic heterocycles. The first-order chi connectivity index (χ1) is 16.8. The van der Waals surface area contributed by atoms with Crippen LogP contribution >= 0.6 is 11.8 Å². The molecule has 3 rings (SSSR count). The summed E-state index contributed by atoms with van der Waals surface area (Å²) in [5.74, 6) is -1.14. The highest BCUT2D eigenvalue weighted by Gasteiger charge is 2.30. The number of benzene rings is 2. The molecule has 2 aromatic rings. The number of carbonyl (C=O) groups is 3. The fraction of sp³-hybridized carbons (Fsp3) is 0.370. The highest BCUT2D eigenvalue weighted by Crippen LogP contribution is 2.44. The smallest absolute Gasteiger partial charge is 0.407 e. The Kier molecular flexibility index (Phi) is 9.37. The zero-order valence-corrected chi connectivity index (χ0v) is 21.1. The third-order valence-electron chi connectivity index (χ3n) is 5.94. The molecule has 8 heteroatoms. The first kappa shape index (κ1) is 26.3. The molecular formula is C27H32N2O5S. The number of fused-ring (bicyclic) bond motifs is 3. The van der Waals surface area contributed by atoms with Gasteiger partial charge >= 0.3 is 12.1 Å². The Morgan fingerprint density at radius 1 is 1.00 bits per heavy atom. The molecule has 2 atom stereocenters. The van der Waals surface area contributed by atoms with Crippen molar-refractivity contribution in [3.8, 4) is 11.1 Å². The molecule has 35 heavy (non-hydrogen) atoms. The van der Waals surface area contributed by atoms with Crippen molar-refractivity contribution in [1.82, 2.24) is 10.6 Å². The summed E-state index contributed by atoms with van der Waals surface area (Å²) in [6, 6.07) is 14.1. The molecule has 186 valence electrons. The van der Waals surface area contributed by atoms with Crippen molar-refractivity contribution < 1.29 is 24.2 Å². The van der Waals surface area contributed by atoms with Gasteiger partial charge in [0.15, 0.2) is 0 Å². The van der Waals surface area contributed by atoms with Gasteiger partial charge in [0, 0.05) is 5.92 Å². The van der Waals surface area contributed by atoms with Crippen LogP contribution in [0.5, 0.6) is 0 Å². The van der Waals surface area contributed by atoms with Crippen LogP contribution in [0.2, 0.25) is 0 Å². The van der Waals surface area contributed by atoms with Crippen LogP contribution in [0.25, 0.3) is 11.1 Å². The minimum Gasteiger partial charge on any atom is -0.480 e. The molecule has 0 saturated carbocycles. The van der Waals surface area contributed by atoms with Crippen LogP contribution in [0.4, 0.5) is 4.79 Å². The Bertz CT molecular complexity index is 1050. The second-order valence-electron chi connectivity index (χ2n) is 8.72. The number of alkyl carbamates (subject to hydrolysis) is 1. The van der Waals surface area contributed by atoms with Crippen LogP contribution < -0.4 is 10.6 Å². The topological polar surface area (TPSA) is 105 Å². The third-order valence-corrected chi connectivity index (χ3v) is 6.58. The van der Waals surface area contributed by atoms with E-state index >= 15 is 0 Å². The zero-order chi connectivity index (χ0) is 25.4. The number of hydrogen-bond donors (Lipinski definition) is 3. The van der Waals surface area contributed by atoms with Gasteiger partial charge in [0.05, 0.1) is 0 Å². The molecule has 1 aliphatic rings. The predicted octanol–water partition coefficient (Wildman–Crippen LogP) is 4.57. The van der Waals surface area contributed by atoms with Crippen LogP contribution in [0.15, 0.2) is 60.2 Å². The van der Waals surface area contributed by atoms with Gasteiger partial charge in [-0.3, -0.25) is 4.79 Å². The van der Waals surface area contributed by atoms with Crippen molar-refractivity contribution in [1.29, 1.82) is 0 Å². The number of rotatable bonds is 11. The third kappa shape index (κ3) is 6.88. The van der Waals surface area contributed by atoms with Crippen LogP contribution in [-0.4, -0.2) is 53.8 Å². The summed E-state index contributed by atoms with van der Waals surface area (Å²) >= 11 is 1.53. The van der Waals surface area contributed by atoms with E-state index in [9.17, 15) is 19.5 Å². The van der Waals surface area contributed by atoms with Crippen molar-refractivity contribution >= 4 is 29.7 Å². The van der Waals surface area contributed by atoms with E-state index in [1.165, 1.54) is 11.8 Å². The number of hydrogen-bond acceptors (Lipinski definition) is 5. The molecule has 0 radical (unpaired) electrons. The molecule has 0 spiro atoms. The van der Waals surface area contributed by atoms with Crippen molar-refractivity contribution in [2.45, 2.75) is 44.7 Å². The molecule has 0 heterocycles. The van der Waals surface area contributed by atoms with Gasteiger partial charge in [-0.15, -0.1) is 0 Å². The zero-order valence-electron chi connectivity index (χ0n) is 20.2. The maximum atomic E-state index is 12.9. The van der Waals surface area contributed by atoms with E-state index in [2.05, 4.69) is 22.8 Å².